The summed E-state index contributed by atoms with van der Waals surface area (Å²) < 4.78 is 0. The molecule has 0 aliphatic heterocycles. The monoisotopic (exact) mass is 254 g/mol. The van der Waals surface area contributed by atoms with Gasteiger partial charge in [-0.25, -0.2) is 4.98 Å². The molecule has 0 fully saturated rings. The van der Waals surface area contributed by atoms with E-state index < -0.39 is 0 Å². The second-order valence-corrected chi connectivity index (χ2v) is 5.87. The van der Waals surface area contributed by atoms with Crippen molar-refractivity contribution in [2.75, 3.05) is 6.54 Å². The molecule has 1 aromatic heterocycles. The predicted octanol–water partition coefficient (Wildman–Crippen LogP) is 3.94. The highest BCUT2D eigenvalue weighted by molar-refractivity contribution is 7.09. The molecule has 0 aromatic carbocycles. The lowest BCUT2D eigenvalue weighted by Gasteiger charge is -2.12. The standard InChI is InChI=1S/C14H26N2S/c1-4-5-6-7-8-12(2)15-10-9-14-11-17-13(3)16-14/h11-12,15H,4-10H2,1-3H3. The van der Waals surface area contributed by atoms with Crippen molar-refractivity contribution in [3.8, 4) is 0 Å². The molecular formula is C14H26N2S. The van der Waals surface area contributed by atoms with Gasteiger partial charge in [0, 0.05) is 24.4 Å². The molecule has 0 amide bonds. The molecular weight excluding hydrogens is 228 g/mol. The molecule has 0 saturated carbocycles. The molecule has 17 heavy (non-hydrogen) atoms. The lowest BCUT2D eigenvalue weighted by molar-refractivity contribution is 0.485. The lowest BCUT2D eigenvalue weighted by Crippen LogP contribution is -2.28. The maximum atomic E-state index is 4.47. The third kappa shape index (κ3) is 6.79. The number of nitrogens with one attached hydrogen (secondary N) is 1. The highest BCUT2D eigenvalue weighted by Gasteiger charge is 2.02. The number of thiazole rings is 1. The number of aromatic nitrogens is 1. The molecule has 3 heteroatoms. The molecule has 0 bridgehead atoms. The van der Waals surface area contributed by atoms with Gasteiger partial charge in [0.05, 0.1) is 10.7 Å². The Morgan fingerprint density at radius 2 is 2.18 bits per heavy atom. The summed E-state index contributed by atoms with van der Waals surface area (Å²) in [5.74, 6) is 0. The number of nitrogens with zero attached hydrogens (tertiary/aromatic N) is 1. The smallest absolute Gasteiger partial charge is 0.0897 e. The highest BCUT2D eigenvalue weighted by atomic mass is 32.1. The van der Waals surface area contributed by atoms with Crippen LogP contribution in [0.3, 0.4) is 0 Å². The van der Waals surface area contributed by atoms with E-state index in [-0.39, 0.29) is 0 Å². The van der Waals surface area contributed by atoms with Crippen LogP contribution in [0.1, 0.15) is 56.7 Å². The predicted molar refractivity (Wildman–Crippen MR) is 76.8 cm³/mol. The van der Waals surface area contributed by atoms with Gasteiger partial charge in [0.1, 0.15) is 0 Å². The van der Waals surface area contributed by atoms with Crippen LogP contribution in [0.15, 0.2) is 5.38 Å². The van der Waals surface area contributed by atoms with Crippen molar-refractivity contribution in [2.24, 2.45) is 0 Å². The molecule has 0 radical (unpaired) electrons. The summed E-state index contributed by atoms with van der Waals surface area (Å²) >= 11 is 1.74. The average Bonchev–Trinajstić information content (AvgIpc) is 2.71. The largest absolute Gasteiger partial charge is 0.314 e. The number of rotatable bonds is 9. The maximum Gasteiger partial charge on any atom is 0.0897 e. The molecule has 1 N–H and O–H groups in total. The molecule has 1 heterocycles. The third-order valence-electron chi connectivity index (χ3n) is 3.03. The van der Waals surface area contributed by atoms with E-state index in [1.54, 1.807) is 11.3 Å². The van der Waals surface area contributed by atoms with Gasteiger partial charge in [-0.15, -0.1) is 11.3 Å². The molecule has 0 aliphatic rings. The number of hydrogen-bond donors (Lipinski definition) is 1. The maximum absolute atomic E-state index is 4.47. The number of hydrogen-bond acceptors (Lipinski definition) is 3. The van der Waals surface area contributed by atoms with Crippen molar-refractivity contribution >= 4 is 11.3 Å². The van der Waals surface area contributed by atoms with Crippen LogP contribution in [0, 0.1) is 6.92 Å². The Morgan fingerprint density at radius 3 is 2.82 bits per heavy atom. The fraction of sp³-hybridized carbons (Fsp3) is 0.786. The van der Waals surface area contributed by atoms with Crippen LogP contribution in [0.2, 0.25) is 0 Å². The average molecular weight is 254 g/mol. The van der Waals surface area contributed by atoms with Gasteiger partial charge in [0.15, 0.2) is 0 Å². The summed E-state index contributed by atoms with van der Waals surface area (Å²) in [6, 6.07) is 0.645. The fourth-order valence-electron chi connectivity index (χ4n) is 1.95. The van der Waals surface area contributed by atoms with Gasteiger partial charge >= 0.3 is 0 Å². The number of aryl methyl sites for hydroxylation is 1. The first-order valence-electron chi connectivity index (χ1n) is 6.86. The minimum atomic E-state index is 0.645. The summed E-state index contributed by atoms with van der Waals surface area (Å²) in [5, 5.41) is 6.93. The highest BCUT2D eigenvalue weighted by Crippen LogP contribution is 2.08. The summed E-state index contributed by atoms with van der Waals surface area (Å²) in [4.78, 5) is 4.47. The SMILES string of the molecule is CCCCCCC(C)NCCc1csc(C)n1. The molecule has 0 saturated heterocycles. The van der Waals surface area contributed by atoms with Gasteiger partial charge in [-0.3, -0.25) is 0 Å². The van der Waals surface area contributed by atoms with Gasteiger partial charge in [-0.2, -0.15) is 0 Å². The molecule has 1 unspecified atom stereocenters. The van der Waals surface area contributed by atoms with Crippen LogP contribution in [0.5, 0.6) is 0 Å². The van der Waals surface area contributed by atoms with Crippen LogP contribution in [0.25, 0.3) is 0 Å². The van der Waals surface area contributed by atoms with E-state index in [2.05, 4.69) is 36.5 Å². The zero-order valence-electron chi connectivity index (χ0n) is 11.5. The van der Waals surface area contributed by atoms with Gasteiger partial charge in [-0.05, 0) is 20.3 Å². The Balaban J connectivity index is 2.02. The second-order valence-electron chi connectivity index (χ2n) is 4.81. The zero-order valence-corrected chi connectivity index (χ0v) is 12.3. The Hall–Kier alpha value is -0.410. The van der Waals surface area contributed by atoms with E-state index in [0.29, 0.717) is 6.04 Å². The first kappa shape index (κ1) is 14.7. The summed E-state index contributed by atoms with van der Waals surface area (Å²) in [7, 11) is 0. The lowest BCUT2D eigenvalue weighted by atomic mass is 10.1. The van der Waals surface area contributed by atoms with Crippen molar-refractivity contribution < 1.29 is 0 Å². The molecule has 0 spiro atoms. The molecule has 1 rings (SSSR count). The Kier molecular flexibility index (Phi) is 7.45. The molecule has 2 nitrogen and oxygen atoms in total. The Bertz CT molecular complexity index is 296. The van der Waals surface area contributed by atoms with E-state index in [0.717, 1.165) is 13.0 Å². The summed E-state index contributed by atoms with van der Waals surface area (Å²) in [5.41, 5.74) is 1.23. The summed E-state index contributed by atoms with van der Waals surface area (Å²) in [6.07, 6.45) is 7.81. The molecule has 1 aromatic rings. The van der Waals surface area contributed by atoms with Crippen LogP contribution in [-0.4, -0.2) is 17.6 Å². The summed E-state index contributed by atoms with van der Waals surface area (Å²) in [6.45, 7) is 7.67. The Morgan fingerprint density at radius 1 is 1.35 bits per heavy atom. The fourth-order valence-corrected chi connectivity index (χ4v) is 2.60. The van der Waals surface area contributed by atoms with E-state index in [1.807, 2.05) is 0 Å². The van der Waals surface area contributed by atoms with Crippen LogP contribution in [-0.2, 0) is 6.42 Å². The second kappa shape index (κ2) is 8.65. The van der Waals surface area contributed by atoms with Crippen molar-refractivity contribution in [1.82, 2.24) is 10.3 Å². The third-order valence-corrected chi connectivity index (χ3v) is 3.85. The van der Waals surface area contributed by atoms with Crippen molar-refractivity contribution in [1.29, 1.82) is 0 Å². The number of unbranched alkanes of at least 4 members (excludes halogenated alkanes) is 3. The van der Waals surface area contributed by atoms with Gasteiger partial charge < -0.3 is 5.32 Å². The first-order chi connectivity index (χ1) is 8.22. The van der Waals surface area contributed by atoms with Crippen LogP contribution < -0.4 is 5.32 Å². The topological polar surface area (TPSA) is 24.9 Å². The van der Waals surface area contributed by atoms with Gasteiger partial charge in [-0.1, -0.05) is 32.6 Å². The van der Waals surface area contributed by atoms with Crippen LogP contribution >= 0.6 is 11.3 Å². The normalized spacial score (nSPS) is 12.9. The van der Waals surface area contributed by atoms with E-state index in [1.165, 1.54) is 42.8 Å². The Labute approximate surface area is 110 Å². The molecule has 98 valence electrons. The van der Waals surface area contributed by atoms with Crippen molar-refractivity contribution in [3.05, 3.63) is 16.1 Å². The van der Waals surface area contributed by atoms with E-state index >= 15 is 0 Å². The van der Waals surface area contributed by atoms with Crippen LogP contribution in [0.4, 0.5) is 0 Å². The minimum Gasteiger partial charge on any atom is -0.314 e. The minimum absolute atomic E-state index is 0.645. The van der Waals surface area contributed by atoms with Crippen molar-refractivity contribution in [2.45, 2.75) is 65.3 Å². The van der Waals surface area contributed by atoms with Gasteiger partial charge in [0.25, 0.3) is 0 Å². The van der Waals surface area contributed by atoms with Gasteiger partial charge in [0.2, 0.25) is 0 Å². The van der Waals surface area contributed by atoms with E-state index in [9.17, 15) is 0 Å². The van der Waals surface area contributed by atoms with Crippen molar-refractivity contribution in [3.63, 3.8) is 0 Å². The quantitative estimate of drug-likeness (QED) is 0.675. The molecule has 1 atom stereocenters. The first-order valence-corrected chi connectivity index (χ1v) is 7.74. The van der Waals surface area contributed by atoms with E-state index in [4.69, 9.17) is 0 Å². The zero-order chi connectivity index (χ0) is 12.5. The molecule has 0 aliphatic carbocycles.